The van der Waals surface area contributed by atoms with Gasteiger partial charge in [-0.1, -0.05) is 25.5 Å². The molecule has 0 aliphatic rings. The van der Waals surface area contributed by atoms with Crippen LogP contribution in [-0.2, 0) is 4.74 Å². The summed E-state index contributed by atoms with van der Waals surface area (Å²) >= 11 is 0. The van der Waals surface area contributed by atoms with Gasteiger partial charge in [0.05, 0.1) is 28.6 Å². The highest BCUT2D eigenvalue weighted by molar-refractivity contribution is 5.96. The Hall–Kier alpha value is -2.69. The number of rotatable bonds is 4. The van der Waals surface area contributed by atoms with Crippen LogP contribution in [0.15, 0.2) is 39.5 Å². The van der Waals surface area contributed by atoms with Crippen molar-refractivity contribution in [3.8, 4) is 0 Å². The lowest BCUT2D eigenvalue weighted by molar-refractivity contribution is 0.0498. The van der Waals surface area contributed by atoms with Crippen molar-refractivity contribution in [2.45, 2.75) is 26.7 Å². The first-order valence-corrected chi connectivity index (χ1v) is 7.62. The minimum absolute atomic E-state index is 0.197. The van der Waals surface area contributed by atoms with Crippen molar-refractivity contribution in [1.29, 1.82) is 0 Å². The van der Waals surface area contributed by atoms with E-state index >= 15 is 0 Å². The quantitative estimate of drug-likeness (QED) is 0.418. The van der Waals surface area contributed by atoms with E-state index in [1.807, 2.05) is 6.92 Å². The molecular weight excluding hydrogens is 294 g/mol. The smallest absolute Gasteiger partial charge is 0.340 e. The van der Waals surface area contributed by atoms with Crippen molar-refractivity contribution in [3.05, 3.63) is 51.8 Å². The molecule has 0 N–H and O–H groups in total. The predicted molar refractivity (Wildman–Crippen MR) is 87.7 cm³/mol. The molecule has 0 bridgehead atoms. The van der Waals surface area contributed by atoms with Crippen molar-refractivity contribution in [2.24, 2.45) is 0 Å². The predicted octanol–water partition coefficient (Wildman–Crippen LogP) is 3.61. The third kappa shape index (κ3) is 2.82. The van der Waals surface area contributed by atoms with E-state index in [0.717, 1.165) is 12.8 Å². The van der Waals surface area contributed by atoms with E-state index in [1.54, 1.807) is 31.2 Å². The third-order valence-corrected chi connectivity index (χ3v) is 3.71. The van der Waals surface area contributed by atoms with E-state index in [-0.39, 0.29) is 16.5 Å². The van der Waals surface area contributed by atoms with Crippen LogP contribution in [0.25, 0.3) is 22.1 Å². The molecule has 0 spiro atoms. The summed E-state index contributed by atoms with van der Waals surface area (Å²) in [5.74, 6) is -0.460. The number of carbonyl (C=O) groups excluding carboxylic acids is 1. The average Bonchev–Trinajstić information content (AvgIpc) is 2.54. The minimum atomic E-state index is -0.460. The Kier molecular flexibility index (Phi) is 4.10. The molecule has 1 aromatic carbocycles. The maximum Gasteiger partial charge on any atom is 0.340 e. The zero-order valence-electron chi connectivity index (χ0n) is 13.1. The Morgan fingerprint density at radius 1 is 1.26 bits per heavy atom. The van der Waals surface area contributed by atoms with Gasteiger partial charge in [0.25, 0.3) is 0 Å². The molecule has 3 rings (SSSR count). The van der Waals surface area contributed by atoms with Gasteiger partial charge in [-0.05, 0) is 31.5 Å². The number of benzene rings is 1. The molecule has 0 saturated carbocycles. The largest absolute Gasteiger partial charge is 0.462 e. The molecule has 118 valence electrons. The van der Waals surface area contributed by atoms with E-state index in [4.69, 9.17) is 9.15 Å². The fraction of sp³-hybridized carbons (Fsp3) is 0.278. The lowest BCUT2D eigenvalue weighted by atomic mass is 10.1. The molecule has 2 aromatic heterocycles. The number of nitrogens with zero attached hydrogens (tertiary/aromatic N) is 1. The number of unbranched alkanes of at least 4 members (excludes halogenated alkanes) is 1. The maximum atomic E-state index is 12.6. The lowest BCUT2D eigenvalue weighted by Gasteiger charge is -2.08. The first-order chi connectivity index (χ1) is 11.1. The van der Waals surface area contributed by atoms with Gasteiger partial charge in [-0.3, -0.25) is 4.79 Å². The van der Waals surface area contributed by atoms with Gasteiger partial charge >= 0.3 is 5.97 Å². The fourth-order valence-corrected chi connectivity index (χ4v) is 2.41. The summed E-state index contributed by atoms with van der Waals surface area (Å²) in [5, 5.41) is 0.757. The van der Waals surface area contributed by atoms with Crippen LogP contribution >= 0.6 is 0 Å². The molecule has 0 saturated heterocycles. The van der Waals surface area contributed by atoms with Gasteiger partial charge in [0, 0.05) is 0 Å². The summed E-state index contributed by atoms with van der Waals surface area (Å²) in [6.45, 7) is 4.08. The molecule has 0 fully saturated rings. The minimum Gasteiger partial charge on any atom is -0.462 e. The van der Waals surface area contributed by atoms with Crippen molar-refractivity contribution in [3.63, 3.8) is 0 Å². The molecule has 23 heavy (non-hydrogen) atoms. The van der Waals surface area contributed by atoms with Gasteiger partial charge in [0.2, 0.25) is 11.1 Å². The summed E-state index contributed by atoms with van der Waals surface area (Å²) in [6, 6.07) is 8.50. The van der Waals surface area contributed by atoms with Crippen LogP contribution in [0.3, 0.4) is 0 Å². The number of ether oxygens (including phenoxy) is 1. The number of carbonyl (C=O) groups is 1. The summed E-state index contributed by atoms with van der Waals surface area (Å²) < 4.78 is 10.9. The van der Waals surface area contributed by atoms with E-state index in [2.05, 4.69) is 4.98 Å². The number of aryl methyl sites for hydroxylation is 1. The van der Waals surface area contributed by atoms with Crippen molar-refractivity contribution < 1.29 is 13.9 Å². The number of pyridine rings is 1. The average molecular weight is 311 g/mol. The fourth-order valence-electron chi connectivity index (χ4n) is 2.41. The van der Waals surface area contributed by atoms with Crippen LogP contribution in [0, 0.1) is 6.92 Å². The SMILES string of the molecule is CCCCOC(=O)c1cc2c(=O)c3ccccc3oc2nc1C. The summed E-state index contributed by atoms with van der Waals surface area (Å²) in [6.07, 6.45) is 1.75. The molecule has 0 unspecified atom stereocenters. The molecule has 5 nitrogen and oxygen atoms in total. The molecule has 3 aromatic rings. The zero-order valence-corrected chi connectivity index (χ0v) is 13.1. The molecule has 5 heteroatoms. The highest BCUT2D eigenvalue weighted by Gasteiger charge is 2.16. The highest BCUT2D eigenvalue weighted by atomic mass is 16.5. The van der Waals surface area contributed by atoms with E-state index < -0.39 is 5.97 Å². The van der Waals surface area contributed by atoms with E-state index in [0.29, 0.717) is 28.8 Å². The number of esters is 1. The standard InChI is InChI=1S/C18H17NO4/c1-3-4-9-22-18(21)13-10-14-16(20)12-7-5-6-8-15(12)23-17(14)19-11(13)2/h5-8,10H,3-4,9H2,1-2H3. The lowest BCUT2D eigenvalue weighted by Crippen LogP contribution is -2.11. The van der Waals surface area contributed by atoms with Crippen molar-refractivity contribution in [2.75, 3.05) is 6.61 Å². The number of hydrogen-bond donors (Lipinski definition) is 0. The first kappa shape index (κ1) is 15.2. The highest BCUT2D eigenvalue weighted by Crippen LogP contribution is 2.20. The van der Waals surface area contributed by atoms with Crippen LogP contribution < -0.4 is 5.43 Å². The molecular formula is C18H17NO4. The molecule has 0 atom stereocenters. The van der Waals surface area contributed by atoms with Gasteiger partial charge in [0.1, 0.15) is 5.58 Å². The van der Waals surface area contributed by atoms with Crippen LogP contribution in [0.2, 0.25) is 0 Å². The zero-order chi connectivity index (χ0) is 16.4. The van der Waals surface area contributed by atoms with Gasteiger partial charge in [-0.15, -0.1) is 0 Å². The molecule has 0 radical (unpaired) electrons. The first-order valence-electron chi connectivity index (χ1n) is 7.62. The van der Waals surface area contributed by atoms with Crippen LogP contribution in [-0.4, -0.2) is 17.6 Å². The van der Waals surface area contributed by atoms with Crippen LogP contribution in [0.1, 0.15) is 35.8 Å². The van der Waals surface area contributed by atoms with Gasteiger partial charge in [0.15, 0.2) is 0 Å². The second-order valence-corrected chi connectivity index (χ2v) is 5.39. The second-order valence-electron chi connectivity index (χ2n) is 5.39. The van der Waals surface area contributed by atoms with Crippen molar-refractivity contribution in [1.82, 2.24) is 4.98 Å². The topological polar surface area (TPSA) is 69.4 Å². The number of fused-ring (bicyclic) bond motifs is 2. The summed E-state index contributed by atoms with van der Waals surface area (Å²) in [7, 11) is 0. The van der Waals surface area contributed by atoms with E-state index in [1.165, 1.54) is 6.07 Å². The molecule has 0 aliphatic heterocycles. The number of hydrogen-bond acceptors (Lipinski definition) is 5. The van der Waals surface area contributed by atoms with Gasteiger partial charge in [-0.25, -0.2) is 9.78 Å². The van der Waals surface area contributed by atoms with Crippen LogP contribution in [0.4, 0.5) is 0 Å². The summed E-state index contributed by atoms with van der Waals surface area (Å²) in [5.41, 5.74) is 1.30. The van der Waals surface area contributed by atoms with E-state index in [9.17, 15) is 9.59 Å². The van der Waals surface area contributed by atoms with Crippen LogP contribution in [0.5, 0.6) is 0 Å². The van der Waals surface area contributed by atoms with Gasteiger partial charge in [-0.2, -0.15) is 0 Å². The monoisotopic (exact) mass is 311 g/mol. The third-order valence-electron chi connectivity index (χ3n) is 3.71. The second kappa shape index (κ2) is 6.20. The number of para-hydroxylation sites is 1. The Bertz CT molecular complexity index is 943. The Labute approximate surface area is 132 Å². The van der Waals surface area contributed by atoms with Gasteiger partial charge < -0.3 is 9.15 Å². The molecule has 0 aliphatic carbocycles. The maximum absolute atomic E-state index is 12.6. The Balaban J connectivity index is 2.13. The number of aromatic nitrogens is 1. The van der Waals surface area contributed by atoms with Crippen molar-refractivity contribution >= 4 is 28.0 Å². The normalized spacial score (nSPS) is 11.0. The molecule has 2 heterocycles. The Morgan fingerprint density at radius 2 is 2.04 bits per heavy atom. The molecule has 0 amide bonds. The Morgan fingerprint density at radius 3 is 2.83 bits per heavy atom. The summed E-state index contributed by atoms with van der Waals surface area (Å²) in [4.78, 5) is 29.0.